The van der Waals surface area contributed by atoms with E-state index in [9.17, 15) is 14.4 Å². The number of piperidine rings is 1. The van der Waals surface area contributed by atoms with E-state index in [1.54, 1.807) is 11.0 Å². The summed E-state index contributed by atoms with van der Waals surface area (Å²) < 4.78 is 0. The largest absolute Gasteiger partial charge is 0.354 e. The Hall–Kier alpha value is -2.63. The van der Waals surface area contributed by atoms with Crippen LogP contribution in [0, 0.1) is 11.8 Å². The van der Waals surface area contributed by atoms with Crippen molar-refractivity contribution >= 4 is 23.8 Å². The molecule has 1 saturated heterocycles. The van der Waals surface area contributed by atoms with Crippen LogP contribution in [-0.2, 0) is 14.4 Å². The van der Waals surface area contributed by atoms with Crippen molar-refractivity contribution in [3.63, 3.8) is 0 Å². The topological polar surface area (TPSA) is 78.5 Å². The van der Waals surface area contributed by atoms with Crippen molar-refractivity contribution in [1.29, 1.82) is 0 Å². The second kappa shape index (κ2) is 10.5. The summed E-state index contributed by atoms with van der Waals surface area (Å²) in [5.74, 6) is -0.166. The second-order valence-electron chi connectivity index (χ2n) is 7.08. The highest BCUT2D eigenvalue weighted by molar-refractivity contribution is 5.92. The molecule has 1 aliphatic rings. The number of hydrogen-bond acceptors (Lipinski definition) is 3. The third-order valence-corrected chi connectivity index (χ3v) is 4.64. The third kappa shape index (κ3) is 6.89. The average Bonchev–Trinajstić information content (AvgIpc) is 2.69. The van der Waals surface area contributed by atoms with Crippen LogP contribution >= 0.6 is 0 Å². The first-order valence-corrected chi connectivity index (χ1v) is 9.55. The molecule has 0 radical (unpaired) electrons. The van der Waals surface area contributed by atoms with Crippen molar-refractivity contribution in [2.24, 2.45) is 11.8 Å². The summed E-state index contributed by atoms with van der Waals surface area (Å²) in [6.45, 7) is 5.69. The van der Waals surface area contributed by atoms with Crippen molar-refractivity contribution < 1.29 is 14.4 Å². The van der Waals surface area contributed by atoms with Crippen molar-refractivity contribution in [1.82, 2.24) is 15.5 Å². The number of hydrogen-bond donors (Lipinski definition) is 2. The summed E-state index contributed by atoms with van der Waals surface area (Å²) in [4.78, 5) is 37.7. The number of nitrogens with zero attached hydrogens (tertiary/aromatic N) is 1. The van der Waals surface area contributed by atoms with E-state index in [1.807, 2.05) is 50.3 Å². The monoisotopic (exact) mass is 371 g/mol. The van der Waals surface area contributed by atoms with Crippen LogP contribution in [0.15, 0.2) is 36.4 Å². The molecule has 0 saturated carbocycles. The second-order valence-corrected chi connectivity index (χ2v) is 7.08. The van der Waals surface area contributed by atoms with Gasteiger partial charge in [0.1, 0.15) is 0 Å². The smallest absolute Gasteiger partial charge is 0.246 e. The Balaban J connectivity index is 1.68. The molecule has 1 heterocycles. The van der Waals surface area contributed by atoms with Crippen LogP contribution in [0.4, 0.5) is 0 Å². The highest BCUT2D eigenvalue weighted by atomic mass is 16.2. The maximum Gasteiger partial charge on any atom is 0.246 e. The van der Waals surface area contributed by atoms with Gasteiger partial charge in [-0.1, -0.05) is 44.2 Å². The number of carbonyl (C=O) groups is 3. The predicted molar refractivity (Wildman–Crippen MR) is 106 cm³/mol. The minimum absolute atomic E-state index is 0.000669. The van der Waals surface area contributed by atoms with Gasteiger partial charge in [-0.2, -0.15) is 0 Å². The Kier molecular flexibility index (Phi) is 8.04. The van der Waals surface area contributed by atoms with Crippen LogP contribution in [0.1, 0.15) is 32.3 Å². The Morgan fingerprint density at radius 3 is 2.33 bits per heavy atom. The Morgan fingerprint density at radius 1 is 1.07 bits per heavy atom. The van der Waals surface area contributed by atoms with E-state index in [-0.39, 0.29) is 29.6 Å². The molecule has 3 amide bonds. The van der Waals surface area contributed by atoms with Gasteiger partial charge in [0, 0.05) is 44.1 Å². The highest BCUT2D eigenvalue weighted by Gasteiger charge is 2.26. The van der Waals surface area contributed by atoms with Gasteiger partial charge in [-0.05, 0) is 24.5 Å². The van der Waals surface area contributed by atoms with Gasteiger partial charge in [0.2, 0.25) is 17.7 Å². The van der Waals surface area contributed by atoms with E-state index >= 15 is 0 Å². The van der Waals surface area contributed by atoms with Gasteiger partial charge in [0.25, 0.3) is 0 Å². The number of likely N-dealkylation sites (tertiary alicyclic amines) is 1. The normalized spacial score (nSPS) is 15.1. The zero-order chi connectivity index (χ0) is 19.6. The van der Waals surface area contributed by atoms with E-state index in [0.717, 1.165) is 5.56 Å². The summed E-state index contributed by atoms with van der Waals surface area (Å²) >= 11 is 0. The molecule has 0 bridgehead atoms. The quantitative estimate of drug-likeness (QED) is 0.567. The van der Waals surface area contributed by atoms with E-state index in [1.165, 1.54) is 0 Å². The summed E-state index contributed by atoms with van der Waals surface area (Å²) in [7, 11) is 0. The number of benzene rings is 1. The molecule has 1 aromatic carbocycles. The zero-order valence-electron chi connectivity index (χ0n) is 16.1. The molecule has 1 aliphatic heterocycles. The van der Waals surface area contributed by atoms with Crippen LogP contribution < -0.4 is 10.6 Å². The lowest BCUT2D eigenvalue weighted by atomic mass is 9.96. The fourth-order valence-electron chi connectivity index (χ4n) is 2.92. The van der Waals surface area contributed by atoms with E-state index in [2.05, 4.69) is 10.6 Å². The van der Waals surface area contributed by atoms with Crippen molar-refractivity contribution in [2.75, 3.05) is 26.2 Å². The lowest BCUT2D eigenvalue weighted by Gasteiger charge is -2.30. The van der Waals surface area contributed by atoms with Gasteiger partial charge in [0.05, 0.1) is 0 Å². The Bertz CT molecular complexity index is 663. The molecule has 0 atom stereocenters. The van der Waals surface area contributed by atoms with Crippen molar-refractivity contribution in [2.45, 2.75) is 26.7 Å². The van der Waals surface area contributed by atoms with Gasteiger partial charge < -0.3 is 15.5 Å². The van der Waals surface area contributed by atoms with Gasteiger partial charge >= 0.3 is 0 Å². The molecule has 1 aromatic rings. The van der Waals surface area contributed by atoms with E-state index < -0.39 is 0 Å². The molecule has 0 aliphatic carbocycles. The lowest BCUT2D eigenvalue weighted by molar-refractivity contribution is -0.132. The number of rotatable bonds is 7. The zero-order valence-corrected chi connectivity index (χ0v) is 16.1. The van der Waals surface area contributed by atoms with E-state index in [4.69, 9.17) is 0 Å². The van der Waals surface area contributed by atoms with Gasteiger partial charge in [-0.3, -0.25) is 14.4 Å². The molecular weight excluding hydrogens is 342 g/mol. The molecule has 0 aromatic heterocycles. The van der Waals surface area contributed by atoms with E-state index in [0.29, 0.717) is 39.0 Å². The predicted octanol–water partition coefficient (Wildman–Crippen LogP) is 1.83. The first-order chi connectivity index (χ1) is 13.0. The first-order valence-electron chi connectivity index (χ1n) is 9.55. The molecule has 2 rings (SSSR count). The van der Waals surface area contributed by atoms with Gasteiger partial charge in [-0.15, -0.1) is 0 Å². The third-order valence-electron chi connectivity index (χ3n) is 4.64. The first kappa shape index (κ1) is 20.7. The summed E-state index contributed by atoms with van der Waals surface area (Å²) in [5, 5.41) is 5.64. The highest BCUT2D eigenvalue weighted by Crippen LogP contribution is 2.17. The van der Waals surface area contributed by atoms with Crippen molar-refractivity contribution in [3.8, 4) is 0 Å². The average molecular weight is 371 g/mol. The molecule has 27 heavy (non-hydrogen) atoms. The lowest BCUT2D eigenvalue weighted by Crippen LogP contribution is -2.44. The number of carbonyl (C=O) groups excluding carboxylic acids is 3. The minimum Gasteiger partial charge on any atom is -0.354 e. The summed E-state index contributed by atoms with van der Waals surface area (Å²) in [5.41, 5.74) is 0.990. The number of nitrogens with one attached hydrogen (secondary N) is 2. The van der Waals surface area contributed by atoms with Crippen LogP contribution in [-0.4, -0.2) is 48.8 Å². The van der Waals surface area contributed by atoms with Gasteiger partial charge in [0.15, 0.2) is 0 Å². The standard InChI is InChI=1S/C21H29N3O3/c1-16(2)20(26)22-12-13-23-21(27)18-10-14-24(15-11-18)19(25)9-8-17-6-4-3-5-7-17/h3-9,16,18H,10-15H2,1-2H3,(H,22,26)(H,23,27)/b9-8-. The van der Waals surface area contributed by atoms with Gasteiger partial charge in [-0.25, -0.2) is 0 Å². The number of amides is 3. The minimum atomic E-state index is -0.0760. The molecule has 146 valence electrons. The molecule has 0 unspecified atom stereocenters. The Labute approximate surface area is 161 Å². The maximum absolute atomic E-state index is 12.3. The van der Waals surface area contributed by atoms with Crippen LogP contribution in [0.2, 0.25) is 0 Å². The van der Waals surface area contributed by atoms with Crippen LogP contribution in [0.5, 0.6) is 0 Å². The Morgan fingerprint density at radius 2 is 1.70 bits per heavy atom. The maximum atomic E-state index is 12.3. The molecule has 1 fully saturated rings. The molecule has 2 N–H and O–H groups in total. The molecule has 0 spiro atoms. The van der Waals surface area contributed by atoms with Crippen LogP contribution in [0.25, 0.3) is 6.08 Å². The SMILES string of the molecule is CC(C)C(=O)NCCNC(=O)C1CCN(C(=O)/C=C\c2ccccc2)CC1. The van der Waals surface area contributed by atoms with Crippen molar-refractivity contribution in [3.05, 3.63) is 42.0 Å². The molecule has 6 nitrogen and oxygen atoms in total. The summed E-state index contributed by atoms with van der Waals surface area (Å²) in [6, 6.07) is 9.70. The fourth-order valence-corrected chi connectivity index (χ4v) is 2.92. The molecular formula is C21H29N3O3. The molecule has 6 heteroatoms. The summed E-state index contributed by atoms with van der Waals surface area (Å²) in [6.07, 6.45) is 4.73. The fraction of sp³-hybridized carbons (Fsp3) is 0.476. The van der Waals surface area contributed by atoms with Crippen LogP contribution in [0.3, 0.4) is 0 Å².